The molecule has 1 saturated carbocycles. The standard InChI is InChI=1S/C27H38N4O2/c1-18-12-11-15-21(19(18)2)31-24(32)22-16-23(26(3,4)5)29-30(22)17-27(31,6)25(33)28-20-13-9-7-8-10-14-20/h11-12,15-16,20H,7-10,13-14,17H2,1-6H3,(H,28,33)/t27-/m0/s1. The zero-order valence-electron chi connectivity index (χ0n) is 21.0. The number of rotatable bonds is 3. The van der Waals surface area contributed by atoms with E-state index in [1.165, 1.54) is 12.8 Å². The molecule has 1 N–H and O–H groups in total. The second-order valence-electron chi connectivity index (χ2n) is 11.1. The molecule has 6 heteroatoms. The maximum absolute atomic E-state index is 14.0. The van der Waals surface area contributed by atoms with Gasteiger partial charge in [0.2, 0.25) is 5.91 Å². The number of aromatic nitrogens is 2. The number of hydrogen-bond donors (Lipinski definition) is 1. The Kier molecular flexibility index (Phi) is 6.14. The number of anilines is 1. The molecule has 178 valence electrons. The molecule has 6 nitrogen and oxygen atoms in total. The molecule has 0 radical (unpaired) electrons. The molecule has 0 saturated heterocycles. The van der Waals surface area contributed by atoms with Crippen molar-refractivity contribution in [3.63, 3.8) is 0 Å². The second-order valence-corrected chi connectivity index (χ2v) is 11.1. The molecule has 0 spiro atoms. The number of carbonyl (C=O) groups is 2. The zero-order chi connectivity index (χ0) is 24.0. The third-order valence-corrected chi connectivity index (χ3v) is 7.42. The Labute approximate surface area is 197 Å². The molecule has 0 unspecified atom stereocenters. The number of amides is 2. The fourth-order valence-electron chi connectivity index (χ4n) is 5.07. The molecule has 33 heavy (non-hydrogen) atoms. The summed E-state index contributed by atoms with van der Waals surface area (Å²) in [5.74, 6) is -0.265. The van der Waals surface area contributed by atoms with Crippen molar-refractivity contribution in [2.75, 3.05) is 4.90 Å². The number of nitrogens with zero attached hydrogens (tertiary/aromatic N) is 3. The van der Waals surface area contributed by atoms with Crippen LogP contribution in [0.5, 0.6) is 0 Å². The van der Waals surface area contributed by atoms with Crippen LogP contribution in [-0.4, -0.2) is 33.2 Å². The van der Waals surface area contributed by atoms with E-state index in [9.17, 15) is 9.59 Å². The van der Waals surface area contributed by atoms with Gasteiger partial charge >= 0.3 is 0 Å². The second kappa shape index (κ2) is 8.62. The Morgan fingerprint density at radius 3 is 2.42 bits per heavy atom. The van der Waals surface area contributed by atoms with Crippen molar-refractivity contribution in [2.45, 2.75) is 104 Å². The average Bonchev–Trinajstić information content (AvgIpc) is 3.01. The summed E-state index contributed by atoms with van der Waals surface area (Å²) in [6.07, 6.45) is 6.73. The number of nitrogens with one attached hydrogen (secondary N) is 1. The van der Waals surface area contributed by atoms with Gasteiger partial charge in [0.15, 0.2) is 0 Å². The van der Waals surface area contributed by atoms with E-state index in [1.54, 1.807) is 9.58 Å². The first-order valence-corrected chi connectivity index (χ1v) is 12.3. The van der Waals surface area contributed by atoms with Gasteiger partial charge in [-0.1, -0.05) is 58.6 Å². The van der Waals surface area contributed by atoms with Gasteiger partial charge in [0.1, 0.15) is 11.2 Å². The van der Waals surface area contributed by atoms with Crippen LogP contribution in [0.25, 0.3) is 0 Å². The lowest BCUT2D eigenvalue weighted by molar-refractivity contribution is -0.127. The Balaban J connectivity index is 1.79. The van der Waals surface area contributed by atoms with E-state index in [4.69, 9.17) is 5.10 Å². The normalized spacial score (nSPS) is 22.1. The Bertz CT molecular complexity index is 1060. The van der Waals surface area contributed by atoms with Gasteiger partial charge < -0.3 is 5.32 Å². The lowest BCUT2D eigenvalue weighted by Crippen LogP contribution is -2.65. The van der Waals surface area contributed by atoms with E-state index in [0.717, 1.165) is 48.2 Å². The van der Waals surface area contributed by atoms with Crippen molar-refractivity contribution < 1.29 is 9.59 Å². The molecule has 1 atom stereocenters. The molecule has 1 aliphatic carbocycles. The van der Waals surface area contributed by atoms with Crippen LogP contribution in [0.4, 0.5) is 5.69 Å². The summed E-state index contributed by atoms with van der Waals surface area (Å²) in [7, 11) is 0. The molecule has 2 aromatic rings. The highest BCUT2D eigenvalue weighted by molar-refractivity contribution is 6.12. The van der Waals surface area contributed by atoms with Crippen molar-refractivity contribution in [3.05, 3.63) is 46.8 Å². The third kappa shape index (κ3) is 4.32. The SMILES string of the molecule is Cc1cccc(N2C(=O)c3cc(C(C)(C)C)nn3C[C@@]2(C)C(=O)NC2CCCCCC2)c1C. The topological polar surface area (TPSA) is 67.2 Å². The highest BCUT2D eigenvalue weighted by atomic mass is 16.2. The van der Waals surface area contributed by atoms with Crippen LogP contribution >= 0.6 is 0 Å². The van der Waals surface area contributed by atoms with E-state index < -0.39 is 5.54 Å². The van der Waals surface area contributed by atoms with E-state index in [2.05, 4.69) is 26.1 Å². The minimum atomic E-state index is -1.07. The van der Waals surface area contributed by atoms with Crippen molar-refractivity contribution in [1.82, 2.24) is 15.1 Å². The number of aryl methyl sites for hydroxylation is 1. The third-order valence-electron chi connectivity index (χ3n) is 7.42. The first-order chi connectivity index (χ1) is 15.5. The maximum Gasteiger partial charge on any atom is 0.277 e. The van der Waals surface area contributed by atoms with Gasteiger partial charge in [0, 0.05) is 17.1 Å². The highest BCUT2D eigenvalue weighted by Gasteiger charge is 2.50. The lowest BCUT2D eigenvalue weighted by atomic mass is 9.90. The molecule has 1 aromatic heterocycles. The monoisotopic (exact) mass is 450 g/mol. The molecular weight excluding hydrogens is 412 g/mol. The number of hydrogen-bond acceptors (Lipinski definition) is 3. The van der Waals surface area contributed by atoms with Gasteiger partial charge in [0.25, 0.3) is 5.91 Å². The van der Waals surface area contributed by atoms with Crippen molar-refractivity contribution >= 4 is 17.5 Å². The van der Waals surface area contributed by atoms with Gasteiger partial charge in [-0.05, 0) is 56.9 Å². The van der Waals surface area contributed by atoms with E-state index >= 15 is 0 Å². The van der Waals surface area contributed by atoms with E-state index in [0.29, 0.717) is 12.2 Å². The van der Waals surface area contributed by atoms with Gasteiger partial charge in [-0.2, -0.15) is 5.10 Å². The predicted octanol–water partition coefficient (Wildman–Crippen LogP) is 5.06. The smallest absolute Gasteiger partial charge is 0.277 e. The fourth-order valence-corrected chi connectivity index (χ4v) is 5.07. The highest BCUT2D eigenvalue weighted by Crippen LogP contribution is 2.37. The summed E-state index contributed by atoms with van der Waals surface area (Å²) >= 11 is 0. The minimum absolute atomic E-state index is 0.0953. The van der Waals surface area contributed by atoms with Gasteiger partial charge in [0.05, 0.1) is 12.2 Å². The maximum atomic E-state index is 14.0. The number of benzene rings is 1. The predicted molar refractivity (Wildman–Crippen MR) is 132 cm³/mol. The molecule has 2 heterocycles. The first kappa shape index (κ1) is 23.5. The van der Waals surface area contributed by atoms with E-state index in [1.807, 2.05) is 45.0 Å². The number of carbonyl (C=O) groups excluding carboxylic acids is 2. The molecule has 4 rings (SSSR count). The quantitative estimate of drug-likeness (QED) is 0.665. The fraction of sp³-hybridized carbons (Fsp3) is 0.593. The number of fused-ring (bicyclic) bond motifs is 1. The molecule has 2 amide bonds. The molecule has 1 aromatic carbocycles. The van der Waals surface area contributed by atoms with Crippen LogP contribution in [0.2, 0.25) is 0 Å². The van der Waals surface area contributed by atoms with Crippen LogP contribution in [0.15, 0.2) is 24.3 Å². The van der Waals surface area contributed by atoms with Gasteiger partial charge in [-0.25, -0.2) is 0 Å². The summed E-state index contributed by atoms with van der Waals surface area (Å²) in [6, 6.07) is 8.01. The van der Waals surface area contributed by atoms with Crippen LogP contribution in [-0.2, 0) is 16.8 Å². The van der Waals surface area contributed by atoms with Gasteiger partial charge in [-0.15, -0.1) is 0 Å². The summed E-state index contributed by atoms with van der Waals surface area (Å²) in [6.45, 7) is 12.5. The van der Waals surface area contributed by atoms with Crippen molar-refractivity contribution in [2.24, 2.45) is 0 Å². The van der Waals surface area contributed by atoms with Crippen LogP contribution in [0.1, 0.15) is 93.5 Å². The molecule has 1 aliphatic heterocycles. The lowest BCUT2D eigenvalue weighted by Gasteiger charge is -2.44. The van der Waals surface area contributed by atoms with Crippen LogP contribution in [0, 0.1) is 13.8 Å². The minimum Gasteiger partial charge on any atom is -0.351 e. The van der Waals surface area contributed by atoms with Crippen molar-refractivity contribution in [1.29, 1.82) is 0 Å². The Morgan fingerprint density at radius 2 is 1.79 bits per heavy atom. The van der Waals surface area contributed by atoms with E-state index in [-0.39, 0.29) is 23.3 Å². The molecular formula is C27H38N4O2. The average molecular weight is 451 g/mol. The first-order valence-electron chi connectivity index (χ1n) is 12.3. The Morgan fingerprint density at radius 1 is 1.12 bits per heavy atom. The summed E-state index contributed by atoms with van der Waals surface area (Å²) in [5.41, 5.74) is 3.05. The molecule has 2 aliphatic rings. The molecule has 1 fully saturated rings. The Hall–Kier alpha value is -2.63. The van der Waals surface area contributed by atoms with Crippen LogP contribution in [0.3, 0.4) is 0 Å². The van der Waals surface area contributed by atoms with Crippen LogP contribution < -0.4 is 10.2 Å². The van der Waals surface area contributed by atoms with Gasteiger partial charge in [-0.3, -0.25) is 19.2 Å². The summed E-state index contributed by atoms with van der Waals surface area (Å²) < 4.78 is 1.75. The molecule has 0 bridgehead atoms. The van der Waals surface area contributed by atoms with Crippen molar-refractivity contribution in [3.8, 4) is 0 Å². The largest absolute Gasteiger partial charge is 0.351 e. The summed E-state index contributed by atoms with van der Waals surface area (Å²) in [4.78, 5) is 29.6. The summed E-state index contributed by atoms with van der Waals surface area (Å²) in [5, 5.41) is 8.09. The zero-order valence-corrected chi connectivity index (χ0v) is 21.0.